The smallest absolute Gasteiger partial charge is 0.319 e. The number of aliphatic hydroxyl groups excluding tert-OH is 1. The molecule has 0 spiro atoms. The van der Waals surface area contributed by atoms with E-state index in [-0.39, 0.29) is 6.03 Å². The number of urea groups is 1. The van der Waals surface area contributed by atoms with E-state index in [0.29, 0.717) is 24.4 Å². The molecule has 1 unspecified atom stereocenters. The minimum Gasteiger partial charge on any atom is -0.497 e. The van der Waals surface area contributed by atoms with E-state index in [1.807, 2.05) is 30.3 Å². The molecular formula is C17H20N2O3. The minimum absolute atomic E-state index is 0.312. The van der Waals surface area contributed by atoms with Crippen LogP contribution in [0, 0.1) is 0 Å². The Kier molecular flexibility index (Phi) is 5.80. The molecule has 2 rings (SSSR count). The quantitative estimate of drug-likeness (QED) is 0.768. The topological polar surface area (TPSA) is 70.6 Å². The summed E-state index contributed by atoms with van der Waals surface area (Å²) in [5, 5.41) is 15.4. The second-order valence-electron chi connectivity index (χ2n) is 4.83. The summed E-state index contributed by atoms with van der Waals surface area (Å²) in [5.74, 6) is 0.678. The van der Waals surface area contributed by atoms with Crippen molar-refractivity contribution in [1.82, 2.24) is 5.32 Å². The fraction of sp³-hybridized carbons (Fsp3) is 0.235. The van der Waals surface area contributed by atoms with E-state index in [9.17, 15) is 9.90 Å². The van der Waals surface area contributed by atoms with Gasteiger partial charge in [-0.15, -0.1) is 0 Å². The first-order valence-corrected chi connectivity index (χ1v) is 7.11. The average molecular weight is 300 g/mol. The summed E-state index contributed by atoms with van der Waals surface area (Å²) in [5.41, 5.74) is 1.50. The number of hydrogen-bond donors (Lipinski definition) is 3. The number of rotatable bonds is 6. The predicted molar refractivity (Wildman–Crippen MR) is 86.0 cm³/mol. The molecule has 2 aromatic rings. The van der Waals surface area contributed by atoms with E-state index in [2.05, 4.69) is 10.6 Å². The summed E-state index contributed by atoms with van der Waals surface area (Å²) < 4.78 is 5.09. The van der Waals surface area contributed by atoms with Crippen LogP contribution in [0.3, 0.4) is 0 Å². The Balaban J connectivity index is 1.76. The highest BCUT2D eigenvalue weighted by atomic mass is 16.5. The third kappa shape index (κ3) is 4.79. The maximum Gasteiger partial charge on any atom is 0.319 e. The Morgan fingerprint density at radius 2 is 1.95 bits per heavy atom. The first-order chi connectivity index (χ1) is 10.7. The zero-order valence-electron chi connectivity index (χ0n) is 12.5. The van der Waals surface area contributed by atoms with Crippen LogP contribution in [0.2, 0.25) is 0 Å². The van der Waals surface area contributed by atoms with E-state index >= 15 is 0 Å². The van der Waals surface area contributed by atoms with Gasteiger partial charge < -0.3 is 20.5 Å². The third-order valence-electron chi connectivity index (χ3n) is 3.22. The van der Waals surface area contributed by atoms with E-state index < -0.39 is 6.10 Å². The van der Waals surface area contributed by atoms with Gasteiger partial charge in [0.05, 0.1) is 13.2 Å². The van der Waals surface area contributed by atoms with Crippen LogP contribution in [0.15, 0.2) is 54.6 Å². The molecule has 22 heavy (non-hydrogen) atoms. The molecule has 0 radical (unpaired) electrons. The molecule has 0 aromatic heterocycles. The summed E-state index contributed by atoms with van der Waals surface area (Å²) in [6, 6.07) is 16.2. The Hall–Kier alpha value is -2.53. The maximum atomic E-state index is 11.8. The molecular weight excluding hydrogens is 280 g/mol. The summed E-state index contributed by atoms with van der Waals surface area (Å²) in [6.07, 6.45) is -0.131. The van der Waals surface area contributed by atoms with E-state index in [1.54, 1.807) is 31.4 Å². The summed E-state index contributed by atoms with van der Waals surface area (Å²) in [7, 11) is 1.57. The maximum absolute atomic E-state index is 11.8. The van der Waals surface area contributed by atoms with Crippen molar-refractivity contribution in [3.63, 3.8) is 0 Å². The van der Waals surface area contributed by atoms with Gasteiger partial charge in [-0.25, -0.2) is 4.79 Å². The van der Waals surface area contributed by atoms with Crippen LogP contribution in [0.4, 0.5) is 10.5 Å². The number of benzene rings is 2. The van der Waals surface area contributed by atoms with Crippen molar-refractivity contribution in [3.05, 3.63) is 60.2 Å². The lowest BCUT2D eigenvalue weighted by Crippen LogP contribution is -2.30. The van der Waals surface area contributed by atoms with Gasteiger partial charge in [0.2, 0.25) is 0 Å². The number of ether oxygens (including phenoxy) is 1. The predicted octanol–water partition coefficient (Wildman–Crippen LogP) is 2.94. The molecule has 0 saturated carbocycles. The number of aliphatic hydroxyl groups is 1. The zero-order chi connectivity index (χ0) is 15.8. The minimum atomic E-state index is -0.585. The number of anilines is 1. The van der Waals surface area contributed by atoms with Crippen LogP contribution in [0.5, 0.6) is 5.75 Å². The van der Waals surface area contributed by atoms with Crippen molar-refractivity contribution in [1.29, 1.82) is 0 Å². The molecule has 1 atom stereocenters. The Bertz CT molecular complexity index is 602. The highest BCUT2D eigenvalue weighted by Crippen LogP contribution is 2.17. The molecule has 0 saturated heterocycles. The number of hydrogen-bond acceptors (Lipinski definition) is 3. The standard InChI is InChI=1S/C17H20N2O3/c1-22-15-9-5-8-14(12-15)19-17(21)18-11-10-16(20)13-6-3-2-4-7-13/h2-9,12,16,20H,10-11H2,1H3,(H2,18,19,21). The van der Waals surface area contributed by atoms with E-state index in [1.165, 1.54) is 0 Å². The molecule has 2 aromatic carbocycles. The number of amides is 2. The molecule has 5 nitrogen and oxygen atoms in total. The SMILES string of the molecule is COc1cccc(NC(=O)NCCC(O)c2ccccc2)c1. The molecule has 0 aliphatic carbocycles. The third-order valence-corrected chi connectivity index (χ3v) is 3.22. The molecule has 0 aliphatic rings. The van der Waals surface area contributed by atoms with Crippen LogP contribution in [-0.2, 0) is 0 Å². The summed E-state index contributed by atoms with van der Waals surface area (Å²) in [4.78, 5) is 11.8. The first kappa shape index (κ1) is 15.9. The molecule has 5 heteroatoms. The van der Waals surface area contributed by atoms with Crippen molar-refractivity contribution >= 4 is 11.7 Å². The fourth-order valence-electron chi connectivity index (χ4n) is 2.04. The van der Waals surface area contributed by atoms with Gasteiger partial charge in [0.25, 0.3) is 0 Å². The first-order valence-electron chi connectivity index (χ1n) is 7.11. The fourth-order valence-corrected chi connectivity index (χ4v) is 2.04. The average Bonchev–Trinajstić information content (AvgIpc) is 2.55. The summed E-state index contributed by atoms with van der Waals surface area (Å²) in [6.45, 7) is 0.381. The van der Waals surface area contributed by atoms with E-state index in [0.717, 1.165) is 5.56 Å². The largest absolute Gasteiger partial charge is 0.497 e. The van der Waals surface area contributed by atoms with Crippen LogP contribution >= 0.6 is 0 Å². The van der Waals surface area contributed by atoms with Crippen molar-refractivity contribution < 1.29 is 14.6 Å². The Morgan fingerprint density at radius 3 is 2.68 bits per heavy atom. The van der Waals surface area contributed by atoms with Crippen LogP contribution < -0.4 is 15.4 Å². The number of nitrogens with one attached hydrogen (secondary N) is 2. The van der Waals surface area contributed by atoms with Crippen LogP contribution in [0.1, 0.15) is 18.1 Å². The molecule has 0 fully saturated rings. The number of carbonyl (C=O) groups is 1. The van der Waals surface area contributed by atoms with Gasteiger partial charge in [-0.2, -0.15) is 0 Å². The molecule has 3 N–H and O–H groups in total. The van der Waals surface area contributed by atoms with Gasteiger partial charge >= 0.3 is 6.03 Å². The van der Waals surface area contributed by atoms with Crippen LogP contribution in [0.25, 0.3) is 0 Å². The van der Waals surface area contributed by atoms with E-state index in [4.69, 9.17) is 4.74 Å². The number of methoxy groups -OCH3 is 1. The Labute approximate surface area is 129 Å². The molecule has 0 bridgehead atoms. The van der Waals surface area contributed by atoms with Gasteiger partial charge in [-0.05, 0) is 24.1 Å². The highest BCUT2D eigenvalue weighted by molar-refractivity contribution is 5.89. The molecule has 0 aliphatic heterocycles. The van der Waals surface area contributed by atoms with Crippen LogP contribution in [-0.4, -0.2) is 24.8 Å². The van der Waals surface area contributed by atoms with Gasteiger partial charge in [-0.1, -0.05) is 36.4 Å². The van der Waals surface area contributed by atoms with Crippen molar-refractivity contribution in [2.45, 2.75) is 12.5 Å². The highest BCUT2D eigenvalue weighted by Gasteiger charge is 2.08. The summed E-state index contributed by atoms with van der Waals surface area (Å²) >= 11 is 0. The Morgan fingerprint density at radius 1 is 1.18 bits per heavy atom. The molecule has 2 amide bonds. The second kappa shape index (κ2) is 8.05. The van der Waals surface area contributed by atoms with Crippen molar-refractivity contribution in [3.8, 4) is 5.75 Å². The normalized spacial score (nSPS) is 11.5. The zero-order valence-corrected chi connectivity index (χ0v) is 12.5. The van der Waals surface area contributed by atoms with Crippen molar-refractivity contribution in [2.24, 2.45) is 0 Å². The number of carbonyl (C=O) groups excluding carboxylic acids is 1. The van der Waals surface area contributed by atoms with Gasteiger partial charge in [0.1, 0.15) is 5.75 Å². The van der Waals surface area contributed by atoms with Gasteiger partial charge in [0.15, 0.2) is 0 Å². The molecule has 0 heterocycles. The van der Waals surface area contributed by atoms with Gasteiger partial charge in [0, 0.05) is 18.3 Å². The second-order valence-corrected chi connectivity index (χ2v) is 4.83. The lowest BCUT2D eigenvalue weighted by molar-refractivity contribution is 0.167. The van der Waals surface area contributed by atoms with Crippen molar-refractivity contribution in [2.75, 3.05) is 19.0 Å². The monoisotopic (exact) mass is 300 g/mol. The van der Waals surface area contributed by atoms with Gasteiger partial charge in [-0.3, -0.25) is 0 Å². The molecule has 116 valence electrons. The lowest BCUT2D eigenvalue weighted by Gasteiger charge is -2.12. The lowest BCUT2D eigenvalue weighted by atomic mass is 10.1.